The Hall–Kier alpha value is -1.91. The molecule has 1 aliphatic rings. The summed E-state index contributed by atoms with van der Waals surface area (Å²) in [4.78, 5) is 2.07. The van der Waals surface area contributed by atoms with Gasteiger partial charge in [0.1, 0.15) is 18.2 Å². The van der Waals surface area contributed by atoms with Crippen molar-refractivity contribution in [2.45, 2.75) is 6.04 Å². The Labute approximate surface area is 124 Å². The van der Waals surface area contributed by atoms with Gasteiger partial charge < -0.3 is 15.4 Å². The van der Waals surface area contributed by atoms with Crippen LogP contribution in [0.5, 0.6) is 5.75 Å². The Morgan fingerprint density at radius 1 is 1.10 bits per heavy atom. The van der Waals surface area contributed by atoms with Gasteiger partial charge in [-0.3, -0.25) is 0 Å². The number of likely N-dealkylation sites (N-methyl/N-ethyl adjacent to an activating group) is 1. The van der Waals surface area contributed by atoms with Crippen LogP contribution in [0.1, 0.15) is 17.2 Å². The van der Waals surface area contributed by atoms with E-state index in [-0.39, 0.29) is 11.9 Å². The van der Waals surface area contributed by atoms with E-state index in [0.717, 1.165) is 34.5 Å². The second-order valence-electron chi connectivity index (χ2n) is 5.61. The standard InChI is InChI=1S/C17H19FN2O/c1-20(2)7-8-21-12-4-6-14-13-5-3-11(18)9-15(13)17(19)16(14)10-12/h3-6,9-10,17H,7-8,19H2,1-2H3. The monoisotopic (exact) mass is 286 g/mol. The summed E-state index contributed by atoms with van der Waals surface area (Å²) in [5.41, 5.74) is 10.2. The normalized spacial score (nSPS) is 16.0. The zero-order valence-corrected chi connectivity index (χ0v) is 12.3. The molecule has 0 saturated carbocycles. The smallest absolute Gasteiger partial charge is 0.123 e. The van der Waals surface area contributed by atoms with Crippen molar-refractivity contribution in [1.82, 2.24) is 4.90 Å². The van der Waals surface area contributed by atoms with Crippen molar-refractivity contribution in [3.8, 4) is 16.9 Å². The number of ether oxygens (including phenoxy) is 1. The van der Waals surface area contributed by atoms with E-state index in [0.29, 0.717) is 6.61 Å². The predicted octanol–water partition coefficient (Wildman–Crippen LogP) is 2.79. The van der Waals surface area contributed by atoms with Gasteiger partial charge in [0.15, 0.2) is 0 Å². The van der Waals surface area contributed by atoms with Crippen molar-refractivity contribution in [3.05, 3.63) is 53.3 Å². The average molecular weight is 286 g/mol. The summed E-state index contributed by atoms with van der Waals surface area (Å²) in [6.45, 7) is 1.48. The second-order valence-corrected chi connectivity index (χ2v) is 5.61. The molecule has 1 atom stereocenters. The molecule has 0 heterocycles. The van der Waals surface area contributed by atoms with Crippen molar-refractivity contribution < 1.29 is 9.13 Å². The van der Waals surface area contributed by atoms with Gasteiger partial charge in [-0.1, -0.05) is 12.1 Å². The SMILES string of the molecule is CN(C)CCOc1ccc2c(c1)C(N)c1cc(F)ccc1-2. The van der Waals surface area contributed by atoms with E-state index < -0.39 is 0 Å². The van der Waals surface area contributed by atoms with Gasteiger partial charge in [0.25, 0.3) is 0 Å². The van der Waals surface area contributed by atoms with Gasteiger partial charge in [-0.05, 0) is 60.6 Å². The molecule has 0 saturated heterocycles. The number of fused-ring (bicyclic) bond motifs is 3. The van der Waals surface area contributed by atoms with Crippen molar-refractivity contribution in [2.75, 3.05) is 27.2 Å². The molecule has 0 aliphatic heterocycles. The van der Waals surface area contributed by atoms with Crippen LogP contribution in [0.2, 0.25) is 0 Å². The van der Waals surface area contributed by atoms with Crippen molar-refractivity contribution in [3.63, 3.8) is 0 Å². The topological polar surface area (TPSA) is 38.5 Å². The van der Waals surface area contributed by atoms with E-state index in [1.54, 1.807) is 6.07 Å². The summed E-state index contributed by atoms with van der Waals surface area (Å²) in [6, 6.07) is 10.4. The fraction of sp³-hybridized carbons (Fsp3) is 0.294. The third-order valence-corrected chi connectivity index (χ3v) is 3.80. The number of nitrogens with zero attached hydrogens (tertiary/aromatic N) is 1. The lowest BCUT2D eigenvalue weighted by Gasteiger charge is -2.13. The number of hydrogen-bond acceptors (Lipinski definition) is 3. The molecular formula is C17H19FN2O. The number of hydrogen-bond donors (Lipinski definition) is 1. The molecule has 0 amide bonds. The van der Waals surface area contributed by atoms with Crippen molar-refractivity contribution in [2.24, 2.45) is 5.73 Å². The van der Waals surface area contributed by atoms with Gasteiger partial charge in [-0.2, -0.15) is 0 Å². The molecule has 1 aliphatic carbocycles. The third-order valence-electron chi connectivity index (χ3n) is 3.80. The molecule has 1 unspecified atom stereocenters. The van der Waals surface area contributed by atoms with E-state index in [2.05, 4.69) is 4.90 Å². The Bertz CT molecular complexity index is 670. The van der Waals surface area contributed by atoms with E-state index in [9.17, 15) is 4.39 Å². The minimum Gasteiger partial charge on any atom is -0.492 e. The third kappa shape index (κ3) is 2.64. The Kier molecular flexibility index (Phi) is 3.66. The highest BCUT2D eigenvalue weighted by Gasteiger charge is 2.26. The van der Waals surface area contributed by atoms with Gasteiger partial charge in [-0.25, -0.2) is 4.39 Å². The maximum absolute atomic E-state index is 13.4. The van der Waals surface area contributed by atoms with Gasteiger partial charge in [0, 0.05) is 6.54 Å². The summed E-state index contributed by atoms with van der Waals surface area (Å²) < 4.78 is 19.1. The lowest BCUT2D eigenvalue weighted by Crippen LogP contribution is -2.19. The predicted molar refractivity (Wildman–Crippen MR) is 81.9 cm³/mol. The van der Waals surface area contributed by atoms with Crippen LogP contribution >= 0.6 is 0 Å². The fourth-order valence-corrected chi connectivity index (χ4v) is 2.68. The fourth-order valence-electron chi connectivity index (χ4n) is 2.68. The number of rotatable bonds is 4. The summed E-state index contributed by atoms with van der Waals surface area (Å²) in [5.74, 6) is 0.554. The maximum Gasteiger partial charge on any atom is 0.123 e. The van der Waals surface area contributed by atoms with Crippen LogP contribution < -0.4 is 10.5 Å². The Balaban J connectivity index is 1.87. The van der Waals surface area contributed by atoms with E-state index in [1.165, 1.54) is 12.1 Å². The molecule has 0 radical (unpaired) electrons. The van der Waals surface area contributed by atoms with Crippen LogP contribution in [0, 0.1) is 5.82 Å². The van der Waals surface area contributed by atoms with Crippen molar-refractivity contribution in [1.29, 1.82) is 0 Å². The highest BCUT2D eigenvalue weighted by atomic mass is 19.1. The van der Waals surface area contributed by atoms with Gasteiger partial charge >= 0.3 is 0 Å². The highest BCUT2D eigenvalue weighted by molar-refractivity contribution is 5.79. The lowest BCUT2D eigenvalue weighted by atomic mass is 10.1. The summed E-state index contributed by atoms with van der Waals surface area (Å²) in [7, 11) is 4.01. The van der Waals surface area contributed by atoms with Crippen LogP contribution in [0.4, 0.5) is 4.39 Å². The molecule has 2 aromatic carbocycles. The zero-order valence-electron chi connectivity index (χ0n) is 12.3. The van der Waals surface area contributed by atoms with Crippen LogP contribution in [-0.2, 0) is 0 Å². The molecule has 4 heteroatoms. The molecule has 0 bridgehead atoms. The highest BCUT2D eigenvalue weighted by Crippen LogP contribution is 2.43. The quantitative estimate of drug-likeness (QED) is 0.939. The second kappa shape index (κ2) is 5.47. The molecule has 2 aromatic rings. The van der Waals surface area contributed by atoms with Crippen molar-refractivity contribution >= 4 is 0 Å². The zero-order chi connectivity index (χ0) is 15.0. The largest absolute Gasteiger partial charge is 0.492 e. The lowest BCUT2D eigenvalue weighted by molar-refractivity contribution is 0.261. The number of nitrogens with two attached hydrogens (primary N) is 1. The van der Waals surface area contributed by atoms with E-state index in [1.807, 2.05) is 32.3 Å². The summed E-state index contributed by atoms with van der Waals surface area (Å²) >= 11 is 0. The molecule has 0 spiro atoms. The molecule has 0 aromatic heterocycles. The molecular weight excluding hydrogens is 267 g/mol. The molecule has 21 heavy (non-hydrogen) atoms. The first-order valence-electron chi connectivity index (χ1n) is 7.03. The van der Waals surface area contributed by atoms with E-state index >= 15 is 0 Å². The maximum atomic E-state index is 13.4. The average Bonchev–Trinajstić information content (AvgIpc) is 2.71. The Morgan fingerprint density at radius 3 is 2.48 bits per heavy atom. The van der Waals surface area contributed by atoms with Crippen LogP contribution in [-0.4, -0.2) is 32.1 Å². The number of benzene rings is 2. The van der Waals surface area contributed by atoms with Gasteiger partial charge in [-0.15, -0.1) is 0 Å². The van der Waals surface area contributed by atoms with Gasteiger partial charge in [0.2, 0.25) is 0 Å². The molecule has 3 nitrogen and oxygen atoms in total. The molecule has 2 N–H and O–H groups in total. The minimum absolute atomic E-state index is 0.250. The summed E-state index contributed by atoms with van der Waals surface area (Å²) in [5, 5.41) is 0. The number of halogens is 1. The Morgan fingerprint density at radius 2 is 1.76 bits per heavy atom. The van der Waals surface area contributed by atoms with Crippen LogP contribution in [0.25, 0.3) is 11.1 Å². The molecule has 0 fully saturated rings. The minimum atomic E-state index is -0.289. The van der Waals surface area contributed by atoms with Crippen LogP contribution in [0.15, 0.2) is 36.4 Å². The first-order valence-corrected chi connectivity index (χ1v) is 7.03. The molecule has 3 rings (SSSR count). The van der Waals surface area contributed by atoms with E-state index in [4.69, 9.17) is 10.5 Å². The van der Waals surface area contributed by atoms with Gasteiger partial charge in [0.05, 0.1) is 6.04 Å². The van der Waals surface area contributed by atoms with Crippen LogP contribution in [0.3, 0.4) is 0 Å². The first-order chi connectivity index (χ1) is 10.1. The molecule has 110 valence electrons. The summed E-state index contributed by atoms with van der Waals surface area (Å²) in [6.07, 6.45) is 0. The first kappa shape index (κ1) is 14.0.